The Kier molecular flexibility index (Phi) is 3.33. The Morgan fingerprint density at radius 3 is 2.42 bits per heavy atom. The van der Waals surface area contributed by atoms with E-state index in [0.29, 0.717) is 0 Å². The highest BCUT2D eigenvalue weighted by atomic mass is 14.1. The SMILES string of the molecule is Cc1cccc(C2=CC(c3ccccc3)=CCC2)c1. The van der Waals surface area contributed by atoms with Crippen LogP contribution in [-0.2, 0) is 0 Å². The van der Waals surface area contributed by atoms with Crippen molar-refractivity contribution in [3.8, 4) is 0 Å². The van der Waals surface area contributed by atoms with Crippen LogP contribution < -0.4 is 0 Å². The van der Waals surface area contributed by atoms with Crippen LogP contribution in [0.4, 0.5) is 0 Å². The maximum absolute atomic E-state index is 2.34. The molecule has 0 N–H and O–H groups in total. The third-order valence-corrected chi connectivity index (χ3v) is 3.60. The predicted molar refractivity (Wildman–Crippen MR) is 82.8 cm³/mol. The van der Waals surface area contributed by atoms with E-state index in [4.69, 9.17) is 0 Å². The Morgan fingerprint density at radius 1 is 0.842 bits per heavy atom. The second kappa shape index (κ2) is 5.27. The van der Waals surface area contributed by atoms with Gasteiger partial charge in [0.2, 0.25) is 0 Å². The van der Waals surface area contributed by atoms with E-state index in [1.807, 2.05) is 0 Å². The maximum atomic E-state index is 2.34. The van der Waals surface area contributed by atoms with Gasteiger partial charge in [-0.1, -0.05) is 72.3 Å². The number of hydrogen-bond donors (Lipinski definition) is 0. The van der Waals surface area contributed by atoms with Crippen LogP contribution in [-0.4, -0.2) is 0 Å². The summed E-state index contributed by atoms with van der Waals surface area (Å²) in [5, 5.41) is 0. The molecule has 2 aromatic carbocycles. The summed E-state index contributed by atoms with van der Waals surface area (Å²) in [5.41, 5.74) is 6.80. The summed E-state index contributed by atoms with van der Waals surface area (Å²) >= 11 is 0. The largest absolute Gasteiger partial charge is 0.0763 e. The summed E-state index contributed by atoms with van der Waals surface area (Å²) in [6.07, 6.45) is 6.95. The van der Waals surface area contributed by atoms with E-state index in [9.17, 15) is 0 Å². The molecule has 0 amide bonds. The zero-order valence-electron chi connectivity index (χ0n) is 11.3. The highest BCUT2D eigenvalue weighted by Gasteiger charge is 2.09. The average Bonchev–Trinajstić information content (AvgIpc) is 2.48. The average molecular weight is 246 g/mol. The maximum Gasteiger partial charge on any atom is -0.0187 e. The first-order valence-corrected chi connectivity index (χ1v) is 6.86. The van der Waals surface area contributed by atoms with E-state index in [2.05, 4.69) is 73.7 Å². The normalized spacial score (nSPS) is 14.8. The molecule has 2 aromatic rings. The molecule has 0 radical (unpaired) electrons. The van der Waals surface area contributed by atoms with E-state index in [1.165, 1.54) is 27.8 Å². The molecule has 0 saturated carbocycles. The van der Waals surface area contributed by atoms with E-state index < -0.39 is 0 Å². The molecule has 0 heterocycles. The van der Waals surface area contributed by atoms with Gasteiger partial charge in [0.1, 0.15) is 0 Å². The van der Waals surface area contributed by atoms with E-state index in [-0.39, 0.29) is 0 Å². The molecule has 0 nitrogen and oxygen atoms in total. The summed E-state index contributed by atoms with van der Waals surface area (Å²) in [4.78, 5) is 0. The van der Waals surface area contributed by atoms with E-state index in [1.54, 1.807) is 0 Å². The van der Waals surface area contributed by atoms with Gasteiger partial charge in [0.25, 0.3) is 0 Å². The minimum absolute atomic E-state index is 1.13. The van der Waals surface area contributed by atoms with Crippen molar-refractivity contribution in [2.75, 3.05) is 0 Å². The van der Waals surface area contributed by atoms with Crippen molar-refractivity contribution >= 4 is 11.1 Å². The first-order valence-electron chi connectivity index (χ1n) is 6.86. The van der Waals surface area contributed by atoms with Crippen LogP contribution >= 0.6 is 0 Å². The van der Waals surface area contributed by atoms with E-state index in [0.717, 1.165) is 12.8 Å². The molecule has 0 atom stereocenters. The molecule has 94 valence electrons. The first kappa shape index (κ1) is 12.0. The fourth-order valence-electron chi connectivity index (χ4n) is 2.61. The van der Waals surface area contributed by atoms with Crippen molar-refractivity contribution in [2.24, 2.45) is 0 Å². The highest BCUT2D eigenvalue weighted by Crippen LogP contribution is 2.31. The lowest BCUT2D eigenvalue weighted by Crippen LogP contribution is -1.93. The molecule has 0 fully saturated rings. The molecule has 1 aliphatic carbocycles. The van der Waals surface area contributed by atoms with E-state index >= 15 is 0 Å². The highest BCUT2D eigenvalue weighted by molar-refractivity contribution is 5.85. The van der Waals surface area contributed by atoms with Gasteiger partial charge in [-0.3, -0.25) is 0 Å². The lowest BCUT2D eigenvalue weighted by molar-refractivity contribution is 1.06. The lowest BCUT2D eigenvalue weighted by Gasteiger charge is -2.15. The molecule has 19 heavy (non-hydrogen) atoms. The summed E-state index contributed by atoms with van der Waals surface area (Å²) in [6.45, 7) is 2.15. The van der Waals surface area contributed by atoms with Gasteiger partial charge in [-0.15, -0.1) is 0 Å². The smallest absolute Gasteiger partial charge is 0.0187 e. The van der Waals surface area contributed by atoms with Crippen molar-refractivity contribution in [3.63, 3.8) is 0 Å². The van der Waals surface area contributed by atoms with Crippen LogP contribution in [0.2, 0.25) is 0 Å². The fourth-order valence-corrected chi connectivity index (χ4v) is 2.61. The Balaban J connectivity index is 1.96. The first-order chi connectivity index (χ1) is 9.33. The lowest BCUT2D eigenvalue weighted by atomic mass is 9.90. The number of rotatable bonds is 2. The van der Waals surface area contributed by atoms with Gasteiger partial charge >= 0.3 is 0 Å². The van der Waals surface area contributed by atoms with Gasteiger partial charge in [-0.05, 0) is 42.0 Å². The fraction of sp³-hybridized carbons (Fsp3) is 0.158. The van der Waals surface area contributed by atoms with Crippen molar-refractivity contribution in [3.05, 3.63) is 83.4 Å². The second-order valence-corrected chi connectivity index (χ2v) is 5.10. The van der Waals surface area contributed by atoms with Crippen LogP contribution in [0.3, 0.4) is 0 Å². The van der Waals surface area contributed by atoms with Gasteiger partial charge in [0, 0.05) is 0 Å². The third-order valence-electron chi connectivity index (χ3n) is 3.60. The molecule has 0 aromatic heterocycles. The van der Waals surface area contributed by atoms with Crippen LogP contribution in [0.5, 0.6) is 0 Å². The minimum atomic E-state index is 1.13. The zero-order chi connectivity index (χ0) is 13.1. The molecule has 3 rings (SSSR count). The van der Waals surface area contributed by atoms with Gasteiger partial charge < -0.3 is 0 Å². The molecular formula is C19H18. The summed E-state index contributed by atoms with van der Waals surface area (Å²) in [6, 6.07) is 19.4. The molecular weight excluding hydrogens is 228 g/mol. The van der Waals surface area contributed by atoms with Crippen molar-refractivity contribution in [1.82, 2.24) is 0 Å². The Labute approximate surface area is 115 Å². The van der Waals surface area contributed by atoms with Gasteiger partial charge in [-0.25, -0.2) is 0 Å². The quantitative estimate of drug-likeness (QED) is 0.678. The minimum Gasteiger partial charge on any atom is -0.0763 e. The number of benzene rings is 2. The molecule has 0 unspecified atom stereocenters. The molecule has 1 aliphatic rings. The third kappa shape index (κ3) is 2.68. The topological polar surface area (TPSA) is 0 Å². The molecule has 0 bridgehead atoms. The number of hydrogen-bond acceptors (Lipinski definition) is 0. The summed E-state index contributed by atoms with van der Waals surface area (Å²) < 4.78 is 0. The molecule has 0 saturated heterocycles. The van der Waals surface area contributed by atoms with Crippen LogP contribution in [0.1, 0.15) is 29.5 Å². The monoisotopic (exact) mass is 246 g/mol. The Hall–Kier alpha value is -2.08. The van der Waals surface area contributed by atoms with Crippen LogP contribution in [0.25, 0.3) is 11.1 Å². The van der Waals surface area contributed by atoms with Gasteiger partial charge in [0.15, 0.2) is 0 Å². The van der Waals surface area contributed by atoms with Crippen LogP contribution in [0.15, 0.2) is 66.7 Å². The number of aryl methyl sites for hydroxylation is 1. The van der Waals surface area contributed by atoms with Crippen molar-refractivity contribution in [2.45, 2.75) is 19.8 Å². The number of allylic oxidation sites excluding steroid dienone is 4. The molecule has 0 aliphatic heterocycles. The summed E-state index contributed by atoms with van der Waals surface area (Å²) in [5.74, 6) is 0. The Bertz CT molecular complexity index is 630. The van der Waals surface area contributed by atoms with Crippen molar-refractivity contribution in [1.29, 1.82) is 0 Å². The molecule has 0 heteroatoms. The van der Waals surface area contributed by atoms with Gasteiger partial charge in [-0.2, -0.15) is 0 Å². The second-order valence-electron chi connectivity index (χ2n) is 5.10. The predicted octanol–water partition coefficient (Wildman–Crippen LogP) is 5.26. The van der Waals surface area contributed by atoms with Crippen molar-refractivity contribution < 1.29 is 0 Å². The Morgan fingerprint density at radius 2 is 1.63 bits per heavy atom. The molecule has 0 spiro atoms. The standard InChI is InChI=1S/C19H18/c1-15-7-5-10-17(13-15)19-12-6-11-18(14-19)16-8-3-2-4-9-16/h2-5,7-11,13-14H,6,12H2,1H3. The van der Waals surface area contributed by atoms with Crippen LogP contribution in [0, 0.1) is 6.92 Å². The van der Waals surface area contributed by atoms with Gasteiger partial charge in [0.05, 0.1) is 0 Å². The zero-order valence-corrected chi connectivity index (χ0v) is 11.3. The summed E-state index contributed by atoms with van der Waals surface area (Å²) in [7, 11) is 0.